The molecule has 0 saturated heterocycles. The highest BCUT2D eigenvalue weighted by Crippen LogP contribution is 1.93. The standard InChI is InChI=1S/C6H11N3O3S2/c1-14(11,12)7-4-2-3-5-8-6(10)13-9-5/h7H,2-4H2,1H3,(H,8,9,10). The van der Waals surface area contributed by atoms with Gasteiger partial charge >= 0.3 is 4.87 Å². The van der Waals surface area contributed by atoms with Gasteiger partial charge in [0.1, 0.15) is 5.82 Å². The number of nitrogens with one attached hydrogen (secondary N) is 2. The van der Waals surface area contributed by atoms with Crippen molar-refractivity contribution in [3.63, 3.8) is 0 Å². The van der Waals surface area contributed by atoms with Crippen LogP contribution in [0.15, 0.2) is 4.79 Å². The first kappa shape index (κ1) is 11.3. The van der Waals surface area contributed by atoms with Crippen LogP contribution in [0.1, 0.15) is 12.2 Å². The van der Waals surface area contributed by atoms with Crippen LogP contribution in [-0.2, 0) is 16.4 Å². The van der Waals surface area contributed by atoms with Gasteiger partial charge in [0.15, 0.2) is 0 Å². The van der Waals surface area contributed by atoms with Crippen molar-refractivity contribution >= 4 is 21.6 Å². The second kappa shape index (κ2) is 4.67. The molecular weight excluding hydrogens is 226 g/mol. The van der Waals surface area contributed by atoms with E-state index in [0.29, 0.717) is 25.2 Å². The van der Waals surface area contributed by atoms with Crippen molar-refractivity contribution in [1.82, 2.24) is 14.1 Å². The second-order valence-electron chi connectivity index (χ2n) is 2.81. The highest BCUT2D eigenvalue weighted by Gasteiger charge is 2.01. The molecule has 1 rings (SSSR count). The molecule has 0 atom stereocenters. The van der Waals surface area contributed by atoms with E-state index < -0.39 is 10.0 Å². The molecule has 0 unspecified atom stereocenters. The largest absolute Gasteiger partial charge is 0.323 e. The Labute approximate surface area is 85.6 Å². The molecule has 0 saturated carbocycles. The highest BCUT2D eigenvalue weighted by atomic mass is 32.2. The number of H-pyrrole nitrogens is 1. The lowest BCUT2D eigenvalue weighted by Crippen LogP contribution is -2.23. The average Bonchev–Trinajstić information content (AvgIpc) is 2.44. The van der Waals surface area contributed by atoms with Gasteiger partial charge in [-0.05, 0) is 6.42 Å². The van der Waals surface area contributed by atoms with E-state index in [0.717, 1.165) is 17.8 Å². The van der Waals surface area contributed by atoms with E-state index in [4.69, 9.17) is 0 Å². The Morgan fingerprint density at radius 1 is 1.57 bits per heavy atom. The second-order valence-corrected chi connectivity index (χ2v) is 5.38. The minimum absolute atomic E-state index is 0.184. The summed E-state index contributed by atoms with van der Waals surface area (Å²) in [5, 5.41) is 0. The number of rotatable bonds is 5. The molecule has 80 valence electrons. The molecule has 0 amide bonds. The number of aryl methyl sites for hydroxylation is 1. The Balaban J connectivity index is 2.26. The average molecular weight is 237 g/mol. The van der Waals surface area contributed by atoms with Gasteiger partial charge in [0.05, 0.1) is 6.26 Å². The van der Waals surface area contributed by atoms with Crippen molar-refractivity contribution in [2.45, 2.75) is 12.8 Å². The lowest BCUT2D eigenvalue weighted by Gasteiger charge is -1.99. The van der Waals surface area contributed by atoms with Crippen LogP contribution in [0.2, 0.25) is 0 Å². The molecule has 0 radical (unpaired) electrons. The highest BCUT2D eigenvalue weighted by molar-refractivity contribution is 7.88. The summed E-state index contributed by atoms with van der Waals surface area (Å²) in [6.45, 7) is 0.360. The van der Waals surface area contributed by atoms with Crippen LogP contribution < -0.4 is 9.60 Å². The summed E-state index contributed by atoms with van der Waals surface area (Å²) < 4.78 is 27.5. The summed E-state index contributed by atoms with van der Waals surface area (Å²) in [7, 11) is -3.11. The van der Waals surface area contributed by atoms with Crippen LogP contribution >= 0.6 is 11.5 Å². The fraction of sp³-hybridized carbons (Fsp3) is 0.667. The van der Waals surface area contributed by atoms with Gasteiger partial charge in [-0.15, -0.1) is 0 Å². The number of aromatic nitrogens is 2. The van der Waals surface area contributed by atoms with Gasteiger partial charge in [-0.3, -0.25) is 9.78 Å². The number of sulfonamides is 1. The Morgan fingerprint density at radius 2 is 2.29 bits per heavy atom. The topological polar surface area (TPSA) is 91.9 Å². The molecule has 0 aromatic carbocycles. The van der Waals surface area contributed by atoms with E-state index in [2.05, 4.69) is 14.1 Å². The van der Waals surface area contributed by atoms with E-state index in [1.54, 1.807) is 0 Å². The molecule has 0 aliphatic carbocycles. The third-order valence-corrected chi connectivity index (χ3v) is 2.75. The normalized spacial score (nSPS) is 11.8. The van der Waals surface area contributed by atoms with Crippen LogP contribution in [0.5, 0.6) is 0 Å². The van der Waals surface area contributed by atoms with Crippen LogP contribution in [0.4, 0.5) is 0 Å². The lowest BCUT2D eigenvalue weighted by atomic mass is 10.3. The first-order valence-corrected chi connectivity index (χ1v) is 6.63. The van der Waals surface area contributed by atoms with E-state index in [1.165, 1.54) is 0 Å². The maximum absolute atomic E-state index is 10.7. The molecule has 0 spiro atoms. The van der Waals surface area contributed by atoms with Gasteiger partial charge < -0.3 is 0 Å². The Hall–Kier alpha value is -0.730. The van der Waals surface area contributed by atoms with Crippen molar-refractivity contribution in [1.29, 1.82) is 0 Å². The number of hydrogen-bond acceptors (Lipinski definition) is 5. The van der Waals surface area contributed by atoms with E-state index in [1.807, 2.05) is 0 Å². The molecule has 14 heavy (non-hydrogen) atoms. The van der Waals surface area contributed by atoms with Gasteiger partial charge in [0.2, 0.25) is 10.0 Å². The minimum Gasteiger partial charge on any atom is -0.300 e. The van der Waals surface area contributed by atoms with Crippen LogP contribution in [0.25, 0.3) is 0 Å². The summed E-state index contributed by atoms with van der Waals surface area (Å²) in [5.41, 5.74) is 0. The lowest BCUT2D eigenvalue weighted by molar-refractivity contribution is 0.584. The van der Waals surface area contributed by atoms with Crippen LogP contribution in [0, 0.1) is 0 Å². The number of aromatic amines is 1. The Kier molecular flexibility index (Phi) is 3.78. The molecule has 0 aliphatic rings. The minimum atomic E-state index is -3.11. The quantitative estimate of drug-likeness (QED) is 0.663. The molecule has 6 nitrogen and oxygen atoms in total. The van der Waals surface area contributed by atoms with Gasteiger partial charge in [-0.25, -0.2) is 13.1 Å². The van der Waals surface area contributed by atoms with Gasteiger partial charge in [0.25, 0.3) is 0 Å². The van der Waals surface area contributed by atoms with Crippen molar-refractivity contribution in [2.24, 2.45) is 0 Å². The summed E-state index contributed by atoms with van der Waals surface area (Å²) in [4.78, 5) is 13.0. The molecule has 1 aromatic heterocycles. The molecule has 0 fully saturated rings. The molecule has 1 aromatic rings. The van der Waals surface area contributed by atoms with E-state index in [9.17, 15) is 13.2 Å². The summed E-state index contributed by atoms with van der Waals surface area (Å²) in [6.07, 6.45) is 2.30. The first-order chi connectivity index (χ1) is 6.47. The SMILES string of the molecule is CS(=O)(=O)NCCCc1nsc(=O)[nH]1. The zero-order chi connectivity index (χ0) is 10.6. The van der Waals surface area contributed by atoms with Gasteiger partial charge in [0, 0.05) is 24.5 Å². The van der Waals surface area contributed by atoms with E-state index in [-0.39, 0.29) is 4.87 Å². The number of hydrogen-bond donors (Lipinski definition) is 2. The zero-order valence-corrected chi connectivity index (χ0v) is 9.24. The van der Waals surface area contributed by atoms with E-state index >= 15 is 0 Å². The van der Waals surface area contributed by atoms with Gasteiger partial charge in [-0.1, -0.05) is 0 Å². The fourth-order valence-corrected chi connectivity index (χ4v) is 1.89. The summed E-state index contributed by atoms with van der Waals surface area (Å²) >= 11 is 0.868. The molecule has 8 heteroatoms. The molecular formula is C6H11N3O3S2. The van der Waals surface area contributed by atoms with Crippen molar-refractivity contribution in [3.05, 3.63) is 15.5 Å². The molecule has 0 bridgehead atoms. The van der Waals surface area contributed by atoms with Crippen molar-refractivity contribution in [2.75, 3.05) is 12.8 Å². The summed E-state index contributed by atoms with van der Waals surface area (Å²) in [5.74, 6) is 0.607. The van der Waals surface area contributed by atoms with Gasteiger partial charge in [-0.2, -0.15) is 4.37 Å². The maximum Gasteiger partial charge on any atom is 0.323 e. The number of nitrogens with zero attached hydrogens (tertiary/aromatic N) is 1. The maximum atomic E-state index is 10.7. The predicted octanol–water partition coefficient (Wildman–Crippen LogP) is -0.687. The van der Waals surface area contributed by atoms with Crippen molar-refractivity contribution < 1.29 is 8.42 Å². The molecule has 0 aliphatic heterocycles. The van der Waals surface area contributed by atoms with Crippen LogP contribution in [0.3, 0.4) is 0 Å². The fourth-order valence-electron chi connectivity index (χ4n) is 0.882. The van der Waals surface area contributed by atoms with Crippen LogP contribution in [-0.4, -0.2) is 30.6 Å². The first-order valence-electron chi connectivity index (χ1n) is 3.97. The Morgan fingerprint density at radius 3 is 2.79 bits per heavy atom. The third-order valence-electron chi connectivity index (χ3n) is 1.44. The Bertz CT molecular complexity index is 433. The third kappa shape index (κ3) is 4.49. The predicted molar refractivity (Wildman–Crippen MR) is 53.9 cm³/mol. The molecule has 1 heterocycles. The zero-order valence-electron chi connectivity index (χ0n) is 7.61. The summed E-state index contributed by atoms with van der Waals surface area (Å²) in [6, 6.07) is 0. The molecule has 2 N–H and O–H groups in total. The monoisotopic (exact) mass is 237 g/mol. The van der Waals surface area contributed by atoms with Crippen molar-refractivity contribution in [3.8, 4) is 0 Å². The smallest absolute Gasteiger partial charge is 0.300 e.